The molecular formula is C6H16AlMgN3O6Si. The molecule has 0 atom stereocenters. The average molecular weight is 306 g/mol. The number of hydrogen-bond donors (Lipinski definition) is 3. The molecule has 18 heavy (non-hydrogen) atoms. The van der Waals surface area contributed by atoms with E-state index in [0.29, 0.717) is 5.82 Å². The van der Waals surface area contributed by atoms with Crippen LogP contribution in [0.2, 0.25) is 0 Å². The van der Waals surface area contributed by atoms with E-state index in [1.807, 2.05) is 0 Å². The molecule has 0 aliphatic heterocycles. The normalized spacial score (nSPS) is 8.11. The van der Waals surface area contributed by atoms with Crippen LogP contribution in [0.25, 0.3) is 0 Å². The maximum Gasteiger partial charge on any atom is 2.00 e. The minimum atomic E-state index is -3.13. The molecule has 0 spiro atoms. The summed E-state index contributed by atoms with van der Waals surface area (Å²) in [6.45, 7) is 1.74. The van der Waals surface area contributed by atoms with Crippen LogP contribution in [0.3, 0.4) is 0 Å². The molecule has 0 saturated heterocycles. The summed E-state index contributed by atoms with van der Waals surface area (Å²) in [4.78, 5) is 27.9. The van der Waals surface area contributed by atoms with Gasteiger partial charge in [-0.1, -0.05) is 0 Å². The van der Waals surface area contributed by atoms with Crippen LogP contribution in [0, 0.1) is 17.0 Å². The van der Waals surface area contributed by atoms with Gasteiger partial charge in [0.25, 0.3) is 0 Å². The van der Waals surface area contributed by atoms with Crippen molar-refractivity contribution in [2.24, 2.45) is 0 Å². The van der Waals surface area contributed by atoms with Gasteiger partial charge < -0.3 is 27.7 Å². The molecule has 0 fully saturated rings. The molecule has 12 heteroatoms. The summed E-state index contributed by atoms with van der Waals surface area (Å²) in [5.41, 5.74) is 0. The predicted octanol–water partition coefficient (Wildman–Crippen LogP) is -2.86. The first-order chi connectivity index (χ1) is 7.40. The smallest absolute Gasteiger partial charge is 1.00 e. The Morgan fingerprint density at radius 2 is 2.06 bits per heavy atom. The number of aryl methyl sites for hydroxylation is 1. The quantitative estimate of drug-likeness (QED) is 0.310. The Kier molecular flexibility index (Phi) is 14.6. The third kappa shape index (κ3) is 8.56. The van der Waals surface area contributed by atoms with Crippen LogP contribution in [-0.2, 0) is 11.0 Å². The van der Waals surface area contributed by atoms with Gasteiger partial charge in [-0.05, 0) is 4.92 Å². The Labute approximate surface area is 134 Å². The van der Waals surface area contributed by atoms with E-state index in [1.165, 1.54) is 10.8 Å². The molecule has 0 radical (unpaired) electrons. The fraction of sp³-hybridized carbons (Fsp3) is 0.500. The van der Waals surface area contributed by atoms with Gasteiger partial charge in [-0.2, -0.15) is 0 Å². The summed E-state index contributed by atoms with van der Waals surface area (Å²) in [6, 6.07) is 0. The molecule has 0 saturated carbocycles. The van der Waals surface area contributed by atoms with Crippen LogP contribution >= 0.6 is 0 Å². The van der Waals surface area contributed by atoms with Gasteiger partial charge in [0.05, 0.1) is 6.61 Å². The monoisotopic (exact) mass is 305 g/mol. The van der Waals surface area contributed by atoms with Gasteiger partial charge in [0.2, 0.25) is 0 Å². The Morgan fingerprint density at radius 1 is 1.61 bits per heavy atom. The SMILES string of the molecule is Cc1ncc([N+](=O)[O-])n1CCO.O=[Si](O)O.[AlH3].[H-].[H-].[Mg+2]. The maximum absolute atomic E-state index is 10.4. The molecule has 1 heterocycles. The van der Waals surface area contributed by atoms with Crippen molar-refractivity contribution in [2.45, 2.75) is 13.5 Å². The zero-order chi connectivity index (χ0) is 12.7. The zero-order valence-corrected chi connectivity index (χ0v) is 11.5. The van der Waals surface area contributed by atoms with E-state index in [0.717, 1.165) is 0 Å². The largest absolute Gasteiger partial charge is 2.00 e. The van der Waals surface area contributed by atoms with Crippen molar-refractivity contribution in [3.05, 3.63) is 22.1 Å². The van der Waals surface area contributed by atoms with Crippen molar-refractivity contribution in [1.82, 2.24) is 9.55 Å². The van der Waals surface area contributed by atoms with E-state index in [2.05, 4.69) is 4.98 Å². The second-order valence-corrected chi connectivity index (χ2v) is 3.14. The van der Waals surface area contributed by atoms with Crippen molar-refractivity contribution in [3.8, 4) is 0 Å². The Morgan fingerprint density at radius 3 is 2.39 bits per heavy atom. The van der Waals surface area contributed by atoms with Crippen molar-refractivity contribution in [1.29, 1.82) is 0 Å². The third-order valence-corrected chi connectivity index (χ3v) is 1.54. The van der Waals surface area contributed by atoms with Gasteiger partial charge in [0, 0.05) is 6.92 Å². The molecule has 3 N–H and O–H groups in total. The molecule has 0 aliphatic rings. The number of hydrogen-bond acceptors (Lipinski definition) is 5. The minimum Gasteiger partial charge on any atom is -1.00 e. The molecule has 1 aromatic heterocycles. The standard InChI is InChI=1S/C6H9N3O3.Al.Mg.H2O3Si.5H/c1-5-7-4-6(9(11)12)8(5)2-3-10;;;1-4(2)3;;;;;/h4,10H,2-3H2,1H3;;;1-2H;;;;;/q;;+2;;;;;2*-1. The first kappa shape index (κ1) is 22.6. The van der Waals surface area contributed by atoms with Crippen LogP contribution in [-0.4, -0.2) is 85.4 Å². The van der Waals surface area contributed by atoms with Crippen LogP contribution in [0.5, 0.6) is 0 Å². The second kappa shape index (κ2) is 11.6. The van der Waals surface area contributed by atoms with E-state index in [-0.39, 0.29) is 62.2 Å². The zero-order valence-electron chi connectivity index (χ0n) is 11.1. The van der Waals surface area contributed by atoms with Gasteiger partial charge in [0.1, 0.15) is 12.7 Å². The van der Waals surface area contributed by atoms with Gasteiger partial charge in [-0.25, -0.2) is 9.55 Å². The van der Waals surface area contributed by atoms with E-state index >= 15 is 0 Å². The average Bonchev–Trinajstić information content (AvgIpc) is 2.48. The first-order valence-electron chi connectivity index (χ1n) is 4.09. The van der Waals surface area contributed by atoms with Crippen molar-refractivity contribution < 1.29 is 26.9 Å². The number of aromatic nitrogens is 2. The summed E-state index contributed by atoms with van der Waals surface area (Å²) in [5, 5.41) is 19.0. The number of rotatable bonds is 3. The molecule has 100 valence electrons. The maximum atomic E-state index is 10.4. The van der Waals surface area contributed by atoms with Gasteiger partial charge >= 0.3 is 38.0 Å². The Hall–Kier alpha value is -0.514. The Balaban J connectivity index is -0.0000000844. The fourth-order valence-electron chi connectivity index (χ4n) is 0.978. The van der Waals surface area contributed by atoms with E-state index in [1.54, 1.807) is 6.92 Å². The third-order valence-electron chi connectivity index (χ3n) is 1.54. The number of aliphatic hydroxyl groups is 1. The molecule has 0 unspecified atom stereocenters. The molecule has 0 aliphatic carbocycles. The first-order valence-corrected chi connectivity index (χ1v) is 5.39. The van der Waals surface area contributed by atoms with Gasteiger partial charge in [0.15, 0.2) is 23.2 Å². The van der Waals surface area contributed by atoms with Crippen molar-refractivity contribution in [2.75, 3.05) is 6.61 Å². The van der Waals surface area contributed by atoms with Crippen LogP contribution in [0.4, 0.5) is 5.82 Å². The van der Waals surface area contributed by atoms with Gasteiger partial charge in [-0.3, -0.25) is 4.46 Å². The van der Waals surface area contributed by atoms with Crippen LogP contribution < -0.4 is 0 Å². The fourth-order valence-corrected chi connectivity index (χ4v) is 0.978. The van der Waals surface area contributed by atoms with E-state index in [9.17, 15) is 10.1 Å². The molecule has 0 amide bonds. The minimum absolute atomic E-state index is 0. The van der Waals surface area contributed by atoms with Gasteiger partial charge in [-0.15, -0.1) is 0 Å². The molecule has 1 rings (SSSR count). The summed E-state index contributed by atoms with van der Waals surface area (Å²) in [5.74, 6) is 0.456. The van der Waals surface area contributed by atoms with Crippen molar-refractivity contribution in [3.63, 3.8) is 0 Å². The molecule has 0 bridgehead atoms. The summed E-state index contributed by atoms with van der Waals surface area (Å²) in [7, 11) is -3.13. The summed E-state index contributed by atoms with van der Waals surface area (Å²) >= 11 is 0. The number of imidazole rings is 1. The van der Waals surface area contributed by atoms with Crippen LogP contribution in [0.1, 0.15) is 8.68 Å². The molecule has 9 nitrogen and oxygen atoms in total. The molecular weight excluding hydrogens is 289 g/mol. The predicted molar refractivity (Wildman–Crippen MR) is 69.5 cm³/mol. The second-order valence-electron chi connectivity index (χ2n) is 2.58. The van der Waals surface area contributed by atoms with Crippen LogP contribution in [0.15, 0.2) is 6.20 Å². The summed E-state index contributed by atoms with van der Waals surface area (Å²) in [6.07, 6.45) is 1.19. The topological polar surface area (TPSA) is 139 Å². The van der Waals surface area contributed by atoms with Crippen molar-refractivity contribution >= 4 is 55.4 Å². The van der Waals surface area contributed by atoms with E-state index in [4.69, 9.17) is 19.2 Å². The molecule has 0 aromatic carbocycles. The number of nitro groups is 1. The Bertz CT molecular complexity index is 395. The number of nitrogens with zero attached hydrogens (tertiary/aromatic N) is 3. The summed E-state index contributed by atoms with van der Waals surface area (Å²) < 4.78 is 10.1. The molecule has 1 aromatic rings. The van der Waals surface area contributed by atoms with E-state index < -0.39 is 14.1 Å². The number of aliphatic hydroxyl groups excluding tert-OH is 1.